The summed E-state index contributed by atoms with van der Waals surface area (Å²) in [4.78, 5) is 44.2. The predicted molar refractivity (Wildman–Crippen MR) is 61.7 cm³/mol. The van der Waals surface area contributed by atoms with E-state index in [1.807, 2.05) is 0 Å². The summed E-state index contributed by atoms with van der Waals surface area (Å²) in [5.41, 5.74) is 0.970. The highest BCUT2D eigenvalue weighted by Gasteiger charge is 2.33. The maximum atomic E-state index is 11.5. The molecule has 0 radical (unpaired) electrons. The van der Waals surface area contributed by atoms with E-state index in [1.165, 1.54) is 0 Å². The average molecular weight is 276 g/mol. The van der Waals surface area contributed by atoms with Crippen molar-refractivity contribution in [2.24, 2.45) is 0 Å². The summed E-state index contributed by atoms with van der Waals surface area (Å²) in [7, 11) is 0. The highest BCUT2D eigenvalue weighted by atomic mass is 16.9. The summed E-state index contributed by atoms with van der Waals surface area (Å²) in [6.07, 6.45) is -1.22. The minimum atomic E-state index is -1.25. The van der Waals surface area contributed by atoms with Gasteiger partial charge in [-0.05, 0) is 17.3 Å². The molecule has 2 amide bonds. The van der Waals surface area contributed by atoms with Gasteiger partial charge >= 0.3 is 6.16 Å². The Kier molecular flexibility index (Phi) is 2.78. The van der Waals surface area contributed by atoms with Gasteiger partial charge in [-0.3, -0.25) is 19.3 Å². The Balaban J connectivity index is 1.73. The largest absolute Gasteiger partial charge is 0.561 e. The van der Waals surface area contributed by atoms with Gasteiger partial charge in [0.25, 0.3) is 11.8 Å². The second kappa shape index (κ2) is 4.61. The number of hydrogen-bond donors (Lipinski definition) is 0. The number of hydrogen-bond acceptors (Lipinski definition) is 7. The molecule has 0 saturated carbocycles. The van der Waals surface area contributed by atoms with E-state index in [0.717, 1.165) is 4.85 Å². The zero-order valence-corrected chi connectivity index (χ0v) is 10.1. The van der Waals surface area contributed by atoms with E-state index in [2.05, 4.69) is 15.1 Å². The van der Waals surface area contributed by atoms with Crippen LogP contribution in [0.25, 0.3) is 11.0 Å². The number of nitrogens with zero attached hydrogens (tertiary/aromatic N) is 4. The first kappa shape index (κ1) is 12.1. The van der Waals surface area contributed by atoms with Crippen LogP contribution in [0.1, 0.15) is 12.8 Å². The molecule has 0 unspecified atom stereocenters. The Bertz CT molecular complexity index is 694. The number of aromatic nitrogens is 3. The molecule has 0 spiro atoms. The first-order valence-electron chi connectivity index (χ1n) is 5.71. The molecule has 9 heteroatoms. The molecule has 1 aliphatic heterocycles. The second-order valence-corrected chi connectivity index (χ2v) is 3.97. The van der Waals surface area contributed by atoms with Crippen LogP contribution in [0.15, 0.2) is 24.3 Å². The number of carbonyl (C=O) groups excluding carboxylic acids is 3. The zero-order chi connectivity index (χ0) is 14.1. The van der Waals surface area contributed by atoms with Crippen LogP contribution < -0.4 is 4.84 Å². The van der Waals surface area contributed by atoms with E-state index in [4.69, 9.17) is 4.84 Å². The molecule has 0 bridgehead atoms. The van der Waals surface area contributed by atoms with Crippen LogP contribution in [0.4, 0.5) is 4.79 Å². The Morgan fingerprint density at radius 2 is 1.80 bits per heavy atom. The number of amides is 2. The van der Waals surface area contributed by atoms with E-state index in [-0.39, 0.29) is 12.8 Å². The lowest BCUT2D eigenvalue weighted by molar-refractivity contribution is -0.177. The molecule has 1 aliphatic rings. The summed E-state index contributed by atoms with van der Waals surface area (Å²) in [6.45, 7) is 0. The average Bonchev–Trinajstić information content (AvgIpc) is 2.98. The number of carbonyl (C=O) groups is 3. The van der Waals surface area contributed by atoms with Crippen molar-refractivity contribution < 1.29 is 24.1 Å². The van der Waals surface area contributed by atoms with Gasteiger partial charge in [-0.15, -0.1) is 5.10 Å². The van der Waals surface area contributed by atoms with Gasteiger partial charge in [0.05, 0.1) is 0 Å². The smallest absolute Gasteiger partial charge is 0.293 e. The summed E-state index contributed by atoms with van der Waals surface area (Å²) < 4.78 is 0. The third-order valence-corrected chi connectivity index (χ3v) is 2.65. The first-order valence-corrected chi connectivity index (χ1v) is 5.71. The molecule has 102 valence electrons. The van der Waals surface area contributed by atoms with Crippen molar-refractivity contribution >= 4 is 29.0 Å². The summed E-state index contributed by atoms with van der Waals surface area (Å²) >= 11 is 0. The molecule has 1 aromatic heterocycles. The Morgan fingerprint density at radius 3 is 2.55 bits per heavy atom. The molecule has 3 rings (SSSR count). The standard InChI is InChI=1S/C11H8N4O5/c16-9-5-6-10(17)14(9)19-11(18)20-15-8-4-2-1-3-7(8)12-13-15/h1-4H,5-6H2. The molecule has 1 saturated heterocycles. The lowest BCUT2D eigenvalue weighted by Gasteiger charge is -2.11. The Morgan fingerprint density at radius 1 is 1.10 bits per heavy atom. The van der Waals surface area contributed by atoms with Gasteiger partial charge in [0, 0.05) is 12.8 Å². The van der Waals surface area contributed by atoms with Crippen LogP contribution in [0.5, 0.6) is 0 Å². The second-order valence-electron chi connectivity index (χ2n) is 3.97. The topological polar surface area (TPSA) is 104 Å². The molecule has 20 heavy (non-hydrogen) atoms. The van der Waals surface area contributed by atoms with Gasteiger partial charge in [-0.2, -0.15) is 4.79 Å². The van der Waals surface area contributed by atoms with Crippen molar-refractivity contribution in [1.29, 1.82) is 0 Å². The number of hydroxylamine groups is 2. The third kappa shape index (κ3) is 2.05. The Labute approximate surface area is 111 Å². The van der Waals surface area contributed by atoms with Crippen LogP contribution in [0, 0.1) is 0 Å². The lowest BCUT2D eigenvalue weighted by atomic mass is 10.3. The molecule has 1 aromatic carbocycles. The molecule has 1 fully saturated rings. The van der Waals surface area contributed by atoms with Gasteiger partial charge < -0.3 is 0 Å². The van der Waals surface area contributed by atoms with E-state index in [0.29, 0.717) is 16.1 Å². The van der Waals surface area contributed by atoms with Crippen LogP contribution in [-0.2, 0) is 14.4 Å². The van der Waals surface area contributed by atoms with Crippen molar-refractivity contribution in [2.75, 3.05) is 0 Å². The third-order valence-electron chi connectivity index (χ3n) is 2.65. The highest BCUT2D eigenvalue weighted by molar-refractivity contribution is 6.01. The van der Waals surface area contributed by atoms with Gasteiger partial charge in [-0.1, -0.05) is 22.0 Å². The van der Waals surface area contributed by atoms with E-state index >= 15 is 0 Å². The number of para-hydroxylation sites is 1. The van der Waals surface area contributed by atoms with Gasteiger partial charge in [0.1, 0.15) is 11.0 Å². The molecule has 0 aliphatic carbocycles. The van der Waals surface area contributed by atoms with Crippen molar-refractivity contribution in [3.8, 4) is 0 Å². The quantitative estimate of drug-likeness (QED) is 0.564. The minimum Gasteiger partial charge on any atom is -0.293 e. The van der Waals surface area contributed by atoms with Crippen LogP contribution in [0.2, 0.25) is 0 Å². The zero-order valence-electron chi connectivity index (χ0n) is 10.1. The van der Waals surface area contributed by atoms with Crippen LogP contribution in [0.3, 0.4) is 0 Å². The molecular formula is C11H8N4O5. The normalized spacial score (nSPS) is 14.9. The van der Waals surface area contributed by atoms with Gasteiger partial charge in [0.2, 0.25) is 0 Å². The monoisotopic (exact) mass is 276 g/mol. The molecule has 0 N–H and O–H groups in total. The van der Waals surface area contributed by atoms with Gasteiger partial charge in [-0.25, -0.2) is 0 Å². The molecule has 2 heterocycles. The number of benzene rings is 1. The van der Waals surface area contributed by atoms with Crippen molar-refractivity contribution in [3.63, 3.8) is 0 Å². The van der Waals surface area contributed by atoms with Crippen LogP contribution >= 0.6 is 0 Å². The summed E-state index contributed by atoms with van der Waals surface area (Å²) in [5.74, 6) is -1.18. The fraction of sp³-hybridized carbons (Fsp3) is 0.182. The molecular weight excluding hydrogens is 268 g/mol. The van der Waals surface area contributed by atoms with Crippen molar-refractivity contribution in [1.82, 2.24) is 20.2 Å². The maximum absolute atomic E-state index is 11.5. The van der Waals surface area contributed by atoms with Gasteiger partial charge in [0.15, 0.2) is 0 Å². The fourth-order valence-corrected chi connectivity index (χ4v) is 1.73. The molecule has 0 atom stereocenters. The predicted octanol–water partition coefficient (Wildman–Crippen LogP) is 0.0605. The SMILES string of the molecule is O=C(ON1C(=O)CCC1=O)On1nnc2ccccc21. The van der Waals surface area contributed by atoms with Crippen molar-refractivity contribution in [2.45, 2.75) is 12.8 Å². The fourth-order valence-electron chi connectivity index (χ4n) is 1.73. The summed E-state index contributed by atoms with van der Waals surface area (Å²) in [5, 5.41) is 7.76. The number of rotatable bonds is 2. The first-order chi connectivity index (χ1) is 9.65. The Hall–Kier alpha value is -2.97. The molecule has 2 aromatic rings. The number of imide groups is 1. The van der Waals surface area contributed by atoms with Crippen molar-refractivity contribution in [3.05, 3.63) is 24.3 Å². The minimum absolute atomic E-state index is 0.0123. The lowest BCUT2D eigenvalue weighted by Crippen LogP contribution is -2.35. The summed E-state index contributed by atoms with van der Waals surface area (Å²) in [6, 6.07) is 6.78. The number of fused-ring (bicyclic) bond motifs is 1. The van der Waals surface area contributed by atoms with E-state index in [1.54, 1.807) is 24.3 Å². The van der Waals surface area contributed by atoms with E-state index < -0.39 is 18.0 Å². The molecule has 9 nitrogen and oxygen atoms in total. The van der Waals surface area contributed by atoms with E-state index in [9.17, 15) is 14.4 Å². The van der Waals surface area contributed by atoms with Crippen LogP contribution in [-0.4, -0.2) is 38.2 Å². The maximum Gasteiger partial charge on any atom is 0.561 e. The highest BCUT2D eigenvalue weighted by Crippen LogP contribution is 2.13.